The van der Waals surface area contributed by atoms with Crippen molar-refractivity contribution in [3.05, 3.63) is 24.2 Å². The Hall–Kier alpha value is -2.36. The van der Waals surface area contributed by atoms with Crippen LogP contribution in [0.2, 0.25) is 0 Å². The zero-order valence-electron chi connectivity index (χ0n) is 21.2. The van der Waals surface area contributed by atoms with E-state index in [-0.39, 0.29) is 30.8 Å². The third-order valence-electron chi connectivity index (χ3n) is 8.93. The van der Waals surface area contributed by atoms with Gasteiger partial charge in [0.25, 0.3) is 0 Å². The summed E-state index contributed by atoms with van der Waals surface area (Å²) in [6, 6.07) is 2.39. The molecule has 36 heavy (non-hydrogen) atoms. The van der Waals surface area contributed by atoms with E-state index >= 15 is 0 Å². The van der Waals surface area contributed by atoms with E-state index in [2.05, 4.69) is 5.32 Å². The van der Waals surface area contributed by atoms with Crippen molar-refractivity contribution in [3.63, 3.8) is 0 Å². The molecule has 2 aliphatic carbocycles. The third-order valence-corrected chi connectivity index (χ3v) is 11.7. The second-order valence-electron chi connectivity index (χ2n) is 11.4. The van der Waals surface area contributed by atoms with Gasteiger partial charge in [-0.3, -0.25) is 14.4 Å². The predicted molar refractivity (Wildman–Crippen MR) is 132 cm³/mol. The summed E-state index contributed by atoms with van der Waals surface area (Å²) in [5.74, 6) is -0.478. The summed E-state index contributed by atoms with van der Waals surface area (Å²) in [7, 11) is -3.75. The van der Waals surface area contributed by atoms with Crippen LogP contribution in [0.15, 0.2) is 22.8 Å². The standard InChI is InChI=1S/C26H37N3O6S/c1-25(2)22(29-20(30)16-21(29)36(25,33)34)23(31)28(17-19-12-9-15-35-19)26(13-7-4-8-14-26)24(32)27-18-10-5-3-6-11-18/h9,12,15,18,21-22H,3-8,10-11,13-14,16-17H2,1-2H3,(H,27,32)/t21-,22+/m1/s1. The Labute approximate surface area is 212 Å². The summed E-state index contributed by atoms with van der Waals surface area (Å²) in [6.45, 7) is 3.09. The summed E-state index contributed by atoms with van der Waals surface area (Å²) in [5.41, 5.74) is -1.12. The van der Waals surface area contributed by atoms with Crippen molar-refractivity contribution in [1.82, 2.24) is 15.1 Å². The van der Waals surface area contributed by atoms with E-state index in [9.17, 15) is 22.8 Å². The van der Waals surface area contributed by atoms with Crippen LogP contribution in [0.5, 0.6) is 0 Å². The van der Waals surface area contributed by atoms with Gasteiger partial charge in [0.15, 0.2) is 9.84 Å². The van der Waals surface area contributed by atoms with E-state index < -0.39 is 37.4 Å². The molecule has 2 saturated carbocycles. The van der Waals surface area contributed by atoms with Gasteiger partial charge in [0, 0.05) is 6.04 Å². The molecule has 2 atom stereocenters. The van der Waals surface area contributed by atoms with E-state index in [0.29, 0.717) is 18.6 Å². The first-order valence-electron chi connectivity index (χ1n) is 13.3. The first-order chi connectivity index (χ1) is 17.1. The van der Waals surface area contributed by atoms with E-state index in [1.165, 1.54) is 25.0 Å². The molecule has 2 aliphatic heterocycles. The molecule has 0 aromatic carbocycles. The van der Waals surface area contributed by atoms with Crippen molar-refractivity contribution in [2.75, 3.05) is 0 Å². The molecule has 0 spiro atoms. The highest BCUT2D eigenvalue weighted by atomic mass is 32.2. The SMILES string of the molecule is CC1(C)[C@H](C(=O)N(Cc2ccco2)C2(C(=O)NC3CCCCC3)CCCCC2)N2C(=O)C[C@H]2S1(=O)=O. The summed E-state index contributed by atoms with van der Waals surface area (Å²) in [5, 5.41) is 2.28. The molecular weight excluding hydrogens is 482 g/mol. The fourth-order valence-electron chi connectivity index (χ4n) is 6.70. The molecule has 0 unspecified atom stereocenters. The zero-order chi connectivity index (χ0) is 25.7. The smallest absolute Gasteiger partial charge is 0.248 e. The van der Waals surface area contributed by atoms with E-state index in [0.717, 1.165) is 51.4 Å². The molecule has 198 valence electrons. The van der Waals surface area contributed by atoms with Crippen molar-refractivity contribution in [2.24, 2.45) is 0 Å². The van der Waals surface area contributed by atoms with Crippen LogP contribution >= 0.6 is 0 Å². The lowest BCUT2D eigenvalue weighted by Gasteiger charge is -2.48. The first kappa shape index (κ1) is 25.3. The second kappa shape index (κ2) is 9.19. The number of hydrogen-bond donors (Lipinski definition) is 1. The van der Waals surface area contributed by atoms with Crippen LogP contribution in [0, 0.1) is 0 Å². The number of furan rings is 1. The summed E-state index contributed by atoms with van der Waals surface area (Å²) in [6.07, 6.45) is 10.1. The molecule has 10 heteroatoms. The van der Waals surface area contributed by atoms with Crippen molar-refractivity contribution in [1.29, 1.82) is 0 Å². The maximum atomic E-state index is 14.5. The number of β-lactam (4-membered cyclic amide) rings is 1. The third kappa shape index (κ3) is 3.87. The van der Waals surface area contributed by atoms with Crippen LogP contribution in [0.25, 0.3) is 0 Å². The molecular formula is C26H37N3O6S. The number of nitrogens with zero attached hydrogens (tertiary/aromatic N) is 2. The number of hydrogen-bond acceptors (Lipinski definition) is 6. The Kier molecular flexibility index (Phi) is 6.46. The molecule has 1 N–H and O–H groups in total. The molecule has 4 fully saturated rings. The number of sulfone groups is 1. The number of amides is 3. The molecule has 1 aromatic heterocycles. The van der Waals surface area contributed by atoms with E-state index in [1.54, 1.807) is 17.0 Å². The lowest BCUT2D eigenvalue weighted by molar-refractivity contribution is -0.162. The highest BCUT2D eigenvalue weighted by Gasteiger charge is 2.69. The number of nitrogens with one attached hydrogen (secondary N) is 1. The van der Waals surface area contributed by atoms with Crippen molar-refractivity contribution < 1.29 is 27.2 Å². The average molecular weight is 520 g/mol. The van der Waals surface area contributed by atoms with Gasteiger partial charge in [0.05, 0.1) is 24.0 Å². The molecule has 4 aliphatic rings. The van der Waals surface area contributed by atoms with E-state index in [4.69, 9.17) is 4.42 Å². The van der Waals surface area contributed by atoms with Crippen LogP contribution < -0.4 is 5.32 Å². The largest absolute Gasteiger partial charge is 0.467 e. The predicted octanol–water partition coefficient (Wildman–Crippen LogP) is 2.89. The van der Waals surface area contributed by atoms with Gasteiger partial charge < -0.3 is 19.5 Å². The van der Waals surface area contributed by atoms with Gasteiger partial charge in [0.1, 0.15) is 22.7 Å². The van der Waals surface area contributed by atoms with Crippen molar-refractivity contribution in [2.45, 2.75) is 119 Å². The topological polar surface area (TPSA) is 117 Å². The van der Waals surface area contributed by atoms with Crippen LogP contribution in [-0.2, 0) is 30.8 Å². The Balaban J connectivity index is 1.54. The van der Waals surface area contributed by atoms with Crippen LogP contribution in [0.4, 0.5) is 0 Å². The lowest BCUT2D eigenvalue weighted by Crippen LogP contribution is -2.67. The maximum Gasteiger partial charge on any atom is 0.248 e. The maximum absolute atomic E-state index is 14.5. The normalized spacial score (nSPS) is 28.7. The molecule has 9 nitrogen and oxygen atoms in total. The second-order valence-corrected chi connectivity index (χ2v) is 14.1. The molecule has 3 amide bonds. The Bertz CT molecular complexity index is 1120. The number of carbonyl (C=O) groups excluding carboxylic acids is 3. The lowest BCUT2D eigenvalue weighted by atomic mass is 9.78. The van der Waals surface area contributed by atoms with Gasteiger partial charge >= 0.3 is 0 Å². The van der Waals surface area contributed by atoms with Crippen molar-refractivity contribution in [3.8, 4) is 0 Å². The van der Waals surface area contributed by atoms with Gasteiger partial charge in [-0.1, -0.05) is 38.5 Å². The zero-order valence-corrected chi connectivity index (χ0v) is 22.0. The molecule has 2 saturated heterocycles. The van der Waals surface area contributed by atoms with Gasteiger partial charge in [-0.05, 0) is 51.7 Å². The highest BCUT2D eigenvalue weighted by Crippen LogP contribution is 2.48. The molecule has 3 heterocycles. The number of carbonyl (C=O) groups is 3. The first-order valence-corrected chi connectivity index (χ1v) is 14.8. The summed E-state index contributed by atoms with van der Waals surface area (Å²) < 4.78 is 30.7. The molecule has 0 bridgehead atoms. The van der Waals surface area contributed by atoms with Crippen molar-refractivity contribution >= 4 is 27.6 Å². The monoisotopic (exact) mass is 519 g/mol. The minimum atomic E-state index is -3.75. The Morgan fingerprint density at radius 3 is 2.39 bits per heavy atom. The molecule has 1 aromatic rings. The number of fused-ring (bicyclic) bond motifs is 1. The highest BCUT2D eigenvalue weighted by molar-refractivity contribution is 7.93. The summed E-state index contributed by atoms with van der Waals surface area (Å²) in [4.78, 5) is 43.9. The van der Waals surface area contributed by atoms with Crippen LogP contribution in [-0.4, -0.2) is 63.7 Å². The Morgan fingerprint density at radius 1 is 1.11 bits per heavy atom. The summed E-state index contributed by atoms with van der Waals surface area (Å²) >= 11 is 0. The Morgan fingerprint density at radius 2 is 1.78 bits per heavy atom. The quantitative estimate of drug-likeness (QED) is 0.578. The van der Waals surface area contributed by atoms with Crippen LogP contribution in [0.3, 0.4) is 0 Å². The fourth-order valence-corrected chi connectivity index (χ4v) is 8.82. The minimum absolute atomic E-state index is 0.0449. The number of rotatable bonds is 6. The van der Waals surface area contributed by atoms with Gasteiger partial charge in [0.2, 0.25) is 17.7 Å². The van der Waals surface area contributed by atoms with Crippen LogP contribution in [0.1, 0.15) is 90.2 Å². The van der Waals surface area contributed by atoms with Gasteiger partial charge in [-0.2, -0.15) is 0 Å². The average Bonchev–Trinajstić information content (AvgIpc) is 3.41. The fraction of sp³-hybridized carbons (Fsp3) is 0.731. The molecule has 5 rings (SSSR count). The molecule has 0 radical (unpaired) electrons. The van der Waals surface area contributed by atoms with Gasteiger partial charge in [-0.25, -0.2) is 8.42 Å². The van der Waals surface area contributed by atoms with E-state index in [1.807, 2.05) is 0 Å². The van der Waals surface area contributed by atoms with Gasteiger partial charge in [-0.15, -0.1) is 0 Å². The minimum Gasteiger partial charge on any atom is -0.467 e.